The van der Waals surface area contributed by atoms with Gasteiger partial charge in [0.25, 0.3) is 0 Å². The van der Waals surface area contributed by atoms with Gasteiger partial charge >= 0.3 is 0 Å². The van der Waals surface area contributed by atoms with Crippen LogP contribution in [0.15, 0.2) is 11.4 Å². The van der Waals surface area contributed by atoms with Gasteiger partial charge in [-0.2, -0.15) is 0 Å². The molecule has 1 aromatic rings. The maximum Gasteiger partial charge on any atom is 0.0695 e. The van der Waals surface area contributed by atoms with Crippen molar-refractivity contribution in [2.75, 3.05) is 6.54 Å². The highest BCUT2D eigenvalue weighted by Crippen LogP contribution is 2.36. The van der Waals surface area contributed by atoms with E-state index >= 15 is 0 Å². The molecule has 0 radical (unpaired) electrons. The molecule has 1 aromatic heterocycles. The zero-order valence-corrected chi connectivity index (χ0v) is 12.0. The minimum absolute atomic E-state index is 0.116. The molecule has 3 atom stereocenters. The first-order valence-electron chi connectivity index (χ1n) is 7.27. The third-order valence-electron chi connectivity index (χ3n) is 4.69. The van der Waals surface area contributed by atoms with E-state index in [4.69, 9.17) is 0 Å². The van der Waals surface area contributed by atoms with Crippen LogP contribution in [0.2, 0.25) is 0 Å². The molecule has 1 N–H and O–H groups in total. The number of aliphatic hydroxyl groups excluding tert-OH is 1. The normalized spacial score (nSPS) is 34.0. The molecule has 0 saturated heterocycles. The van der Waals surface area contributed by atoms with E-state index in [0.29, 0.717) is 12.1 Å². The zero-order valence-electron chi connectivity index (χ0n) is 11.1. The molecule has 1 fully saturated rings. The van der Waals surface area contributed by atoms with Gasteiger partial charge in [0.15, 0.2) is 0 Å². The van der Waals surface area contributed by atoms with E-state index in [1.807, 2.05) is 11.3 Å². The highest BCUT2D eigenvalue weighted by Gasteiger charge is 2.34. The summed E-state index contributed by atoms with van der Waals surface area (Å²) in [5.41, 5.74) is 1.50. The average Bonchev–Trinajstić information content (AvgIpc) is 2.75. The monoisotopic (exact) mass is 265 g/mol. The second kappa shape index (κ2) is 5.32. The van der Waals surface area contributed by atoms with Crippen LogP contribution in [0.3, 0.4) is 0 Å². The molecule has 100 valence electrons. The Morgan fingerprint density at radius 2 is 2.11 bits per heavy atom. The van der Waals surface area contributed by atoms with E-state index < -0.39 is 0 Å². The fraction of sp³-hybridized carbons (Fsp3) is 0.733. The highest BCUT2D eigenvalue weighted by molar-refractivity contribution is 7.10. The molecule has 1 aliphatic carbocycles. The smallest absolute Gasteiger partial charge is 0.0695 e. The van der Waals surface area contributed by atoms with Crippen LogP contribution in [0.5, 0.6) is 0 Å². The van der Waals surface area contributed by atoms with Crippen molar-refractivity contribution in [1.82, 2.24) is 4.90 Å². The van der Waals surface area contributed by atoms with Crippen molar-refractivity contribution in [2.24, 2.45) is 0 Å². The molecule has 2 aliphatic rings. The summed E-state index contributed by atoms with van der Waals surface area (Å²) in [6.07, 6.45) is 6.98. The Morgan fingerprint density at radius 3 is 3.00 bits per heavy atom. The third kappa shape index (κ3) is 2.24. The van der Waals surface area contributed by atoms with Crippen LogP contribution in [0.4, 0.5) is 0 Å². The number of fused-ring (bicyclic) bond motifs is 1. The van der Waals surface area contributed by atoms with Gasteiger partial charge in [0.1, 0.15) is 0 Å². The van der Waals surface area contributed by atoms with Crippen molar-refractivity contribution in [2.45, 2.75) is 63.6 Å². The van der Waals surface area contributed by atoms with E-state index in [1.165, 1.54) is 37.7 Å². The summed E-state index contributed by atoms with van der Waals surface area (Å²) in [5.74, 6) is 0. The minimum Gasteiger partial charge on any atom is -0.391 e. The summed E-state index contributed by atoms with van der Waals surface area (Å²) in [4.78, 5) is 4.12. The van der Waals surface area contributed by atoms with Crippen LogP contribution in [-0.2, 0) is 6.42 Å². The summed E-state index contributed by atoms with van der Waals surface area (Å²) in [7, 11) is 0. The third-order valence-corrected chi connectivity index (χ3v) is 5.69. The SMILES string of the molecule is CC1c2ccsc2CCN1C1CCCCCC1O. The molecular formula is C15H23NOS. The first kappa shape index (κ1) is 12.6. The van der Waals surface area contributed by atoms with Gasteiger partial charge in [-0.05, 0) is 43.2 Å². The predicted molar refractivity (Wildman–Crippen MR) is 76.0 cm³/mol. The molecule has 0 aromatic carbocycles. The van der Waals surface area contributed by atoms with Gasteiger partial charge in [-0.3, -0.25) is 4.90 Å². The Labute approximate surface area is 114 Å². The number of thiophene rings is 1. The van der Waals surface area contributed by atoms with Crippen molar-refractivity contribution in [3.05, 3.63) is 21.9 Å². The zero-order chi connectivity index (χ0) is 12.5. The summed E-state index contributed by atoms with van der Waals surface area (Å²) in [5, 5.41) is 12.6. The lowest BCUT2D eigenvalue weighted by atomic mass is 9.95. The maximum absolute atomic E-state index is 10.4. The number of rotatable bonds is 1. The van der Waals surface area contributed by atoms with Crippen molar-refractivity contribution in [3.63, 3.8) is 0 Å². The number of hydrogen-bond donors (Lipinski definition) is 1. The highest BCUT2D eigenvalue weighted by atomic mass is 32.1. The molecule has 0 spiro atoms. The molecule has 0 amide bonds. The maximum atomic E-state index is 10.4. The van der Waals surface area contributed by atoms with Crippen LogP contribution in [0, 0.1) is 0 Å². The lowest BCUT2D eigenvalue weighted by molar-refractivity contribution is 0.0194. The molecule has 18 heavy (non-hydrogen) atoms. The standard InChI is InChI=1S/C15H23NOS/c1-11-12-8-10-18-15(12)7-9-16(11)13-5-3-2-4-6-14(13)17/h8,10-11,13-14,17H,2-7,9H2,1H3. The molecule has 1 aliphatic heterocycles. The lowest BCUT2D eigenvalue weighted by Crippen LogP contribution is -2.47. The topological polar surface area (TPSA) is 23.5 Å². The molecule has 2 heterocycles. The molecule has 3 rings (SSSR count). The number of aliphatic hydroxyl groups is 1. The Morgan fingerprint density at radius 1 is 1.28 bits per heavy atom. The number of nitrogens with zero attached hydrogens (tertiary/aromatic N) is 1. The van der Waals surface area contributed by atoms with E-state index in [0.717, 1.165) is 13.0 Å². The molecule has 3 heteroatoms. The van der Waals surface area contributed by atoms with Gasteiger partial charge in [-0.1, -0.05) is 19.3 Å². The van der Waals surface area contributed by atoms with E-state index in [9.17, 15) is 5.11 Å². The van der Waals surface area contributed by atoms with Gasteiger partial charge in [0, 0.05) is 23.5 Å². The van der Waals surface area contributed by atoms with Gasteiger partial charge < -0.3 is 5.11 Å². The Balaban J connectivity index is 1.80. The van der Waals surface area contributed by atoms with Crippen LogP contribution >= 0.6 is 11.3 Å². The van der Waals surface area contributed by atoms with Crippen molar-refractivity contribution < 1.29 is 5.11 Å². The van der Waals surface area contributed by atoms with Crippen LogP contribution in [-0.4, -0.2) is 28.7 Å². The molecule has 0 bridgehead atoms. The summed E-state index contributed by atoms with van der Waals surface area (Å²) < 4.78 is 0. The van der Waals surface area contributed by atoms with Crippen molar-refractivity contribution in [3.8, 4) is 0 Å². The first-order chi connectivity index (χ1) is 8.77. The molecule has 2 nitrogen and oxygen atoms in total. The van der Waals surface area contributed by atoms with E-state index in [1.54, 1.807) is 4.88 Å². The number of hydrogen-bond acceptors (Lipinski definition) is 3. The quantitative estimate of drug-likeness (QED) is 0.787. The van der Waals surface area contributed by atoms with Gasteiger partial charge in [-0.15, -0.1) is 11.3 Å². The first-order valence-corrected chi connectivity index (χ1v) is 8.15. The lowest BCUT2D eigenvalue weighted by Gasteiger charge is -2.41. The van der Waals surface area contributed by atoms with Gasteiger partial charge in [-0.25, -0.2) is 0 Å². The Kier molecular flexibility index (Phi) is 3.73. The van der Waals surface area contributed by atoms with Crippen molar-refractivity contribution >= 4 is 11.3 Å². The van der Waals surface area contributed by atoms with Crippen molar-refractivity contribution in [1.29, 1.82) is 0 Å². The molecular weight excluding hydrogens is 242 g/mol. The van der Waals surface area contributed by atoms with Crippen LogP contribution < -0.4 is 0 Å². The summed E-state index contributed by atoms with van der Waals surface area (Å²) in [6, 6.07) is 3.15. The van der Waals surface area contributed by atoms with E-state index in [-0.39, 0.29) is 6.10 Å². The molecule has 1 saturated carbocycles. The summed E-state index contributed by atoms with van der Waals surface area (Å²) in [6.45, 7) is 3.43. The van der Waals surface area contributed by atoms with Gasteiger partial charge in [0.05, 0.1) is 6.10 Å². The summed E-state index contributed by atoms with van der Waals surface area (Å²) >= 11 is 1.89. The fourth-order valence-electron chi connectivity index (χ4n) is 3.64. The Bertz CT molecular complexity index is 403. The molecule has 3 unspecified atom stereocenters. The Hall–Kier alpha value is -0.380. The average molecular weight is 265 g/mol. The van der Waals surface area contributed by atoms with Gasteiger partial charge in [0.2, 0.25) is 0 Å². The van der Waals surface area contributed by atoms with Crippen LogP contribution in [0.25, 0.3) is 0 Å². The van der Waals surface area contributed by atoms with Crippen LogP contribution in [0.1, 0.15) is 55.5 Å². The largest absolute Gasteiger partial charge is 0.391 e. The second-order valence-electron chi connectivity index (χ2n) is 5.74. The minimum atomic E-state index is -0.116. The fourth-order valence-corrected chi connectivity index (χ4v) is 4.60. The van der Waals surface area contributed by atoms with E-state index in [2.05, 4.69) is 23.3 Å². The predicted octanol–water partition coefficient (Wildman–Crippen LogP) is 3.36. The second-order valence-corrected chi connectivity index (χ2v) is 6.74.